The molecule has 0 aliphatic carbocycles. The highest BCUT2D eigenvalue weighted by molar-refractivity contribution is 6.06. The molecule has 0 spiro atoms. The second kappa shape index (κ2) is 14.1. The first-order valence-electron chi connectivity index (χ1n) is 13.5. The van der Waals surface area contributed by atoms with Crippen molar-refractivity contribution in [2.45, 2.75) is 32.1 Å². The van der Waals surface area contributed by atoms with Crippen molar-refractivity contribution >= 4 is 23.2 Å². The molecule has 6 heteroatoms. The molecule has 198 valence electrons. The van der Waals surface area contributed by atoms with E-state index in [1.807, 2.05) is 48.5 Å². The van der Waals surface area contributed by atoms with Crippen molar-refractivity contribution < 1.29 is 14.3 Å². The molecular formula is C32H37N3O3. The molecule has 0 unspecified atom stereocenters. The van der Waals surface area contributed by atoms with Gasteiger partial charge in [-0.2, -0.15) is 0 Å². The van der Waals surface area contributed by atoms with Crippen molar-refractivity contribution in [3.63, 3.8) is 0 Å². The molecule has 3 aromatic carbocycles. The normalized spacial score (nSPS) is 13.4. The van der Waals surface area contributed by atoms with E-state index in [0.29, 0.717) is 35.9 Å². The Labute approximate surface area is 225 Å². The van der Waals surface area contributed by atoms with Gasteiger partial charge in [-0.15, -0.1) is 0 Å². The van der Waals surface area contributed by atoms with Gasteiger partial charge < -0.3 is 19.9 Å². The Bertz CT molecular complexity index is 1180. The summed E-state index contributed by atoms with van der Waals surface area (Å²) < 4.78 is 5.23. The maximum atomic E-state index is 13.4. The topological polar surface area (TPSA) is 61.9 Å². The Hall–Kier alpha value is -4.02. The summed E-state index contributed by atoms with van der Waals surface area (Å²) in [6.07, 6.45) is 4.93. The molecule has 1 N–H and O–H groups in total. The van der Waals surface area contributed by atoms with Crippen molar-refractivity contribution in [2.75, 3.05) is 43.5 Å². The predicted octanol–water partition coefficient (Wildman–Crippen LogP) is 6.05. The van der Waals surface area contributed by atoms with E-state index in [1.54, 1.807) is 36.3 Å². The lowest BCUT2D eigenvalue weighted by molar-refractivity contribution is 0.0986. The van der Waals surface area contributed by atoms with Gasteiger partial charge in [0.05, 0.1) is 7.11 Å². The molecule has 1 fully saturated rings. The van der Waals surface area contributed by atoms with E-state index in [1.165, 1.54) is 6.42 Å². The van der Waals surface area contributed by atoms with Crippen molar-refractivity contribution in [3.8, 4) is 5.75 Å². The fourth-order valence-electron chi connectivity index (χ4n) is 5.01. The van der Waals surface area contributed by atoms with Crippen LogP contribution in [0.25, 0.3) is 0 Å². The molecule has 0 atom stereocenters. The first-order chi connectivity index (χ1) is 18.7. The number of para-hydroxylation sites is 2. The summed E-state index contributed by atoms with van der Waals surface area (Å²) in [6.45, 7) is 3.10. The number of amides is 1. The number of carbonyl (C=O) groups is 1. The number of anilines is 2. The van der Waals surface area contributed by atoms with Crippen molar-refractivity contribution in [1.29, 1.82) is 0 Å². The molecule has 1 saturated heterocycles. The fourth-order valence-corrected chi connectivity index (χ4v) is 5.01. The summed E-state index contributed by atoms with van der Waals surface area (Å²) >= 11 is 0. The average Bonchev–Trinajstić information content (AvgIpc) is 2.99. The number of methoxy groups -OCH3 is 1. The van der Waals surface area contributed by atoms with Crippen LogP contribution in [0, 0.1) is 5.92 Å². The number of nitrogens with one attached hydrogen (secondary N) is 1. The molecular weight excluding hydrogens is 474 g/mol. The third kappa shape index (κ3) is 7.50. The Balaban J connectivity index is 1.29. The Morgan fingerprint density at radius 3 is 2.26 bits per heavy atom. The van der Waals surface area contributed by atoms with Gasteiger partial charge in [-0.1, -0.05) is 36.4 Å². The number of likely N-dealkylation sites (tertiary alicyclic amines) is 1. The lowest BCUT2D eigenvalue weighted by Crippen LogP contribution is -2.37. The number of carbonyl (C=O) groups excluding carboxylic acids is 2. The molecule has 1 aliphatic heterocycles. The highest BCUT2D eigenvalue weighted by Gasteiger charge is 2.23. The minimum absolute atomic E-state index is 0.105. The van der Waals surface area contributed by atoms with Gasteiger partial charge in [0.25, 0.3) is 5.91 Å². The van der Waals surface area contributed by atoms with Crippen LogP contribution in [0.4, 0.5) is 11.4 Å². The van der Waals surface area contributed by atoms with Crippen LogP contribution in [0.2, 0.25) is 0 Å². The third-order valence-electron chi connectivity index (χ3n) is 7.23. The number of benzene rings is 3. The third-order valence-corrected chi connectivity index (χ3v) is 7.23. The van der Waals surface area contributed by atoms with E-state index in [0.717, 1.165) is 50.3 Å². The van der Waals surface area contributed by atoms with Crippen LogP contribution < -0.4 is 15.0 Å². The number of nitrogens with zero attached hydrogens (tertiary/aromatic N) is 2. The molecule has 4 rings (SSSR count). The lowest BCUT2D eigenvalue weighted by atomic mass is 9.92. The van der Waals surface area contributed by atoms with Crippen molar-refractivity contribution in [2.24, 2.45) is 5.92 Å². The SMILES string of the molecule is COc1ccc(C(=O)N(CCC(=C=O)N2CCC(CCCNc3ccccc3)CC2)c2ccccc2)cc1. The first kappa shape index (κ1) is 27.0. The zero-order chi connectivity index (χ0) is 26.6. The maximum absolute atomic E-state index is 13.4. The van der Waals surface area contributed by atoms with Crippen LogP contribution >= 0.6 is 0 Å². The number of rotatable bonds is 12. The summed E-state index contributed by atoms with van der Waals surface area (Å²) in [6, 6.07) is 27.0. The number of ether oxygens (including phenoxy) is 1. The fraction of sp³-hybridized carbons (Fsp3) is 0.344. The monoisotopic (exact) mass is 511 g/mol. The van der Waals surface area contributed by atoms with Crippen molar-refractivity contribution in [1.82, 2.24) is 4.90 Å². The summed E-state index contributed by atoms with van der Waals surface area (Å²) in [5.74, 6) is 3.46. The number of hydrogen-bond acceptors (Lipinski definition) is 5. The molecule has 0 bridgehead atoms. The van der Waals surface area contributed by atoms with E-state index in [9.17, 15) is 9.59 Å². The van der Waals surface area contributed by atoms with Gasteiger partial charge in [-0.05, 0) is 80.1 Å². The van der Waals surface area contributed by atoms with E-state index < -0.39 is 0 Å². The molecule has 1 amide bonds. The lowest BCUT2D eigenvalue weighted by Gasteiger charge is -2.34. The van der Waals surface area contributed by atoms with Gasteiger partial charge in [0.2, 0.25) is 0 Å². The molecule has 38 heavy (non-hydrogen) atoms. The molecule has 1 aliphatic rings. The van der Waals surface area contributed by atoms with Crippen LogP contribution in [-0.4, -0.2) is 50.0 Å². The summed E-state index contributed by atoms with van der Waals surface area (Å²) in [7, 11) is 1.60. The maximum Gasteiger partial charge on any atom is 0.258 e. The highest BCUT2D eigenvalue weighted by Crippen LogP contribution is 2.26. The molecule has 3 aromatic rings. The highest BCUT2D eigenvalue weighted by atomic mass is 16.5. The zero-order valence-corrected chi connectivity index (χ0v) is 22.1. The molecule has 0 saturated carbocycles. The van der Waals surface area contributed by atoms with Gasteiger partial charge in [0, 0.05) is 49.5 Å². The van der Waals surface area contributed by atoms with Gasteiger partial charge in [0.1, 0.15) is 17.4 Å². The summed E-state index contributed by atoms with van der Waals surface area (Å²) in [4.78, 5) is 29.3. The van der Waals surface area contributed by atoms with Gasteiger partial charge in [-0.25, -0.2) is 4.79 Å². The molecule has 1 heterocycles. The smallest absolute Gasteiger partial charge is 0.258 e. The number of piperidine rings is 1. The minimum atomic E-state index is -0.105. The minimum Gasteiger partial charge on any atom is -0.497 e. The van der Waals surface area contributed by atoms with Crippen LogP contribution in [0.15, 0.2) is 90.6 Å². The van der Waals surface area contributed by atoms with Crippen LogP contribution in [0.1, 0.15) is 42.5 Å². The van der Waals surface area contributed by atoms with Gasteiger partial charge in [0.15, 0.2) is 0 Å². The van der Waals surface area contributed by atoms with Crippen LogP contribution in [-0.2, 0) is 4.79 Å². The quantitative estimate of drug-likeness (QED) is 0.237. The molecule has 0 aromatic heterocycles. The van der Waals surface area contributed by atoms with E-state index in [-0.39, 0.29) is 5.91 Å². The Morgan fingerprint density at radius 2 is 1.63 bits per heavy atom. The molecule has 6 nitrogen and oxygen atoms in total. The van der Waals surface area contributed by atoms with E-state index in [4.69, 9.17) is 4.74 Å². The number of hydrogen-bond donors (Lipinski definition) is 1. The van der Waals surface area contributed by atoms with Crippen LogP contribution in [0.5, 0.6) is 5.75 Å². The van der Waals surface area contributed by atoms with Crippen LogP contribution in [0.3, 0.4) is 0 Å². The van der Waals surface area contributed by atoms with Gasteiger partial charge >= 0.3 is 0 Å². The van der Waals surface area contributed by atoms with Gasteiger partial charge in [-0.3, -0.25) is 4.79 Å². The first-order valence-corrected chi connectivity index (χ1v) is 13.5. The van der Waals surface area contributed by atoms with E-state index >= 15 is 0 Å². The zero-order valence-electron chi connectivity index (χ0n) is 22.1. The van der Waals surface area contributed by atoms with E-state index in [2.05, 4.69) is 28.3 Å². The predicted molar refractivity (Wildman–Crippen MR) is 153 cm³/mol. The summed E-state index contributed by atoms with van der Waals surface area (Å²) in [5, 5.41) is 3.48. The Morgan fingerprint density at radius 1 is 0.974 bits per heavy atom. The summed E-state index contributed by atoms with van der Waals surface area (Å²) in [5.41, 5.74) is 3.20. The second-order valence-corrected chi connectivity index (χ2v) is 9.69. The van der Waals surface area contributed by atoms with Crippen molar-refractivity contribution in [3.05, 3.63) is 96.2 Å². The second-order valence-electron chi connectivity index (χ2n) is 9.69. The molecule has 0 radical (unpaired) electrons. The average molecular weight is 512 g/mol. The largest absolute Gasteiger partial charge is 0.497 e. The standard InChI is InChI=1S/C32H37N3O3/c1-38-31-16-14-27(15-17-31)32(37)35(29-12-6-3-7-13-29)24-20-30(25-36)34-22-18-26(19-23-34)9-8-21-33-28-10-4-2-5-11-28/h2-7,10-17,26,33H,8-9,18-24H2,1H3. The Kier molecular flexibility index (Phi) is 10.00.